The Morgan fingerprint density at radius 1 is 1.00 bits per heavy atom. The summed E-state index contributed by atoms with van der Waals surface area (Å²) in [7, 11) is 3.06. The number of nitrogens with zero attached hydrogens (tertiary/aromatic N) is 2. The molecule has 1 N–H and O–H groups in total. The molecule has 1 atom stereocenters. The highest BCUT2D eigenvalue weighted by Crippen LogP contribution is 2.39. The van der Waals surface area contributed by atoms with Crippen molar-refractivity contribution in [3.05, 3.63) is 47.0 Å². The second kappa shape index (κ2) is 8.03. The van der Waals surface area contributed by atoms with Gasteiger partial charge in [0.25, 0.3) is 5.91 Å². The van der Waals surface area contributed by atoms with E-state index in [1.54, 1.807) is 23.1 Å². The molecular weight excluding hydrogens is 372 g/mol. The van der Waals surface area contributed by atoms with E-state index in [9.17, 15) is 14.7 Å². The van der Waals surface area contributed by atoms with Crippen LogP contribution < -0.4 is 19.3 Å². The van der Waals surface area contributed by atoms with E-state index in [1.165, 1.54) is 19.1 Å². The summed E-state index contributed by atoms with van der Waals surface area (Å²) in [6.45, 7) is 6.08. The molecule has 7 nitrogen and oxygen atoms in total. The normalized spacial score (nSPS) is 15.7. The fraction of sp³-hybridized carbons (Fsp3) is 0.364. The SMILES string of the molecule is CCC1CN(C(=O)c2cc(OC)cc(OC)c2)c2cc(C)c(C)cc2N1C(=O)O. The lowest BCUT2D eigenvalue weighted by atomic mass is 9.99. The first-order valence-corrected chi connectivity index (χ1v) is 9.49. The molecule has 0 aromatic heterocycles. The van der Waals surface area contributed by atoms with Crippen molar-refractivity contribution in [1.82, 2.24) is 0 Å². The average molecular weight is 398 g/mol. The van der Waals surface area contributed by atoms with Crippen molar-refractivity contribution in [2.45, 2.75) is 33.2 Å². The van der Waals surface area contributed by atoms with Crippen LogP contribution in [0.3, 0.4) is 0 Å². The highest BCUT2D eigenvalue weighted by atomic mass is 16.5. The van der Waals surface area contributed by atoms with Gasteiger partial charge in [-0.25, -0.2) is 4.79 Å². The molecule has 2 amide bonds. The Morgan fingerprint density at radius 3 is 2.03 bits per heavy atom. The van der Waals surface area contributed by atoms with Crippen LogP contribution in [0.5, 0.6) is 11.5 Å². The van der Waals surface area contributed by atoms with Gasteiger partial charge in [-0.05, 0) is 55.7 Å². The van der Waals surface area contributed by atoms with Crippen molar-refractivity contribution < 1.29 is 24.2 Å². The number of amides is 2. The molecule has 1 unspecified atom stereocenters. The van der Waals surface area contributed by atoms with E-state index in [4.69, 9.17) is 9.47 Å². The second-order valence-corrected chi connectivity index (χ2v) is 7.16. The third-order valence-electron chi connectivity index (χ3n) is 5.42. The molecule has 0 radical (unpaired) electrons. The zero-order chi connectivity index (χ0) is 21.3. The van der Waals surface area contributed by atoms with Crippen molar-refractivity contribution >= 4 is 23.4 Å². The molecule has 3 rings (SSSR count). The predicted molar refractivity (Wildman–Crippen MR) is 112 cm³/mol. The van der Waals surface area contributed by atoms with Crippen molar-refractivity contribution in [1.29, 1.82) is 0 Å². The van der Waals surface area contributed by atoms with Crippen molar-refractivity contribution in [2.75, 3.05) is 30.6 Å². The van der Waals surface area contributed by atoms with Gasteiger partial charge in [-0.3, -0.25) is 9.69 Å². The summed E-state index contributed by atoms with van der Waals surface area (Å²) in [6, 6.07) is 8.41. The lowest BCUT2D eigenvalue weighted by molar-refractivity contribution is 0.0982. The molecule has 0 aliphatic carbocycles. The molecule has 29 heavy (non-hydrogen) atoms. The lowest BCUT2D eigenvalue weighted by Gasteiger charge is -2.41. The number of carbonyl (C=O) groups excluding carboxylic acids is 1. The molecule has 1 aliphatic rings. The minimum atomic E-state index is -1.02. The fourth-order valence-corrected chi connectivity index (χ4v) is 3.63. The van der Waals surface area contributed by atoms with E-state index in [0.29, 0.717) is 34.9 Å². The summed E-state index contributed by atoms with van der Waals surface area (Å²) in [4.78, 5) is 28.5. The standard InChI is InChI=1S/C22H26N2O5/c1-6-16-12-23(21(25)15-9-17(28-4)11-18(10-15)29-5)19-7-13(2)14(3)8-20(19)24(16)22(26)27/h7-11,16H,6,12H2,1-5H3,(H,26,27). The Morgan fingerprint density at radius 2 is 1.55 bits per heavy atom. The molecule has 2 aromatic carbocycles. The molecule has 154 valence electrons. The van der Waals surface area contributed by atoms with Crippen LogP contribution in [-0.2, 0) is 0 Å². The summed E-state index contributed by atoms with van der Waals surface area (Å²) in [6.07, 6.45) is -0.430. The van der Waals surface area contributed by atoms with E-state index in [1.807, 2.05) is 32.9 Å². The van der Waals surface area contributed by atoms with Crippen LogP contribution >= 0.6 is 0 Å². The first kappa shape index (κ1) is 20.5. The van der Waals surface area contributed by atoms with Gasteiger partial charge in [0.1, 0.15) is 11.5 Å². The van der Waals surface area contributed by atoms with Crippen LogP contribution in [0, 0.1) is 13.8 Å². The maximum atomic E-state index is 13.5. The van der Waals surface area contributed by atoms with Crippen LogP contribution in [0.1, 0.15) is 34.8 Å². The van der Waals surface area contributed by atoms with Crippen LogP contribution in [0.4, 0.5) is 16.2 Å². The number of hydrogen-bond acceptors (Lipinski definition) is 4. The number of benzene rings is 2. The van der Waals surface area contributed by atoms with E-state index >= 15 is 0 Å². The Bertz CT molecular complexity index is 934. The minimum Gasteiger partial charge on any atom is -0.497 e. The molecule has 0 spiro atoms. The molecular formula is C22H26N2O5. The van der Waals surface area contributed by atoms with Gasteiger partial charge in [-0.15, -0.1) is 0 Å². The van der Waals surface area contributed by atoms with E-state index in [-0.39, 0.29) is 18.5 Å². The van der Waals surface area contributed by atoms with Gasteiger partial charge < -0.3 is 19.5 Å². The first-order chi connectivity index (χ1) is 13.8. The maximum absolute atomic E-state index is 13.5. The number of hydrogen-bond donors (Lipinski definition) is 1. The van der Waals surface area contributed by atoms with Gasteiger partial charge in [0, 0.05) is 18.2 Å². The molecule has 0 bridgehead atoms. The van der Waals surface area contributed by atoms with Crippen LogP contribution in [0.2, 0.25) is 0 Å². The highest BCUT2D eigenvalue weighted by Gasteiger charge is 2.37. The topological polar surface area (TPSA) is 79.3 Å². The summed E-state index contributed by atoms with van der Waals surface area (Å²) in [5, 5.41) is 9.81. The molecule has 0 saturated carbocycles. The van der Waals surface area contributed by atoms with Crippen LogP contribution in [0.25, 0.3) is 0 Å². The average Bonchev–Trinajstić information content (AvgIpc) is 2.72. The Balaban J connectivity index is 2.14. The van der Waals surface area contributed by atoms with Crippen molar-refractivity contribution in [2.24, 2.45) is 0 Å². The van der Waals surface area contributed by atoms with Crippen molar-refractivity contribution in [3.8, 4) is 11.5 Å². The minimum absolute atomic E-state index is 0.227. The molecule has 2 aromatic rings. The molecule has 1 heterocycles. The Kier molecular flexibility index (Phi) is 5.68. The van der Waals surface area contributed by atoms with E-state index in [0.717, 1.165) is 11.1 Å². The first-order valence-electron chi connectivity index (χ1n) is 9.49. The van der Waals surface area contributed by atoms with Gasteiger partial charge in [0.2, 0.25) is 0 Å². The highest BCUT2D eigenvalue weighted by molar-refractivity contribution is 6.10. The smallest absolute Gasteiger partial charge is 0.412 e. The van der Waals surface area contributed by atoms with Gasteiger partial charge in [-0.2, -0.15) is 0 Å². The van der Waals surface area contributed by atoms with Crippen LogP contribution in [0.15, 0.2) is 30.3 Å². The number of aryl methyl sites for hydroxylation is 2. The number of methoxy groups -OCH3 is 2. The Hall–Kier alpha value is -3.22. The van der Waals surface area contributed by atoms with Crippen LogP contribution in [-0.4, -0.2) is 43.9 Å². The third-order valence-corrected chi connectivity index (χ3v) is 5.42. The number of carbonyl (C=O) groups is 2. The summed E-state index contributed by atoms with van der Waals surface area (Å²) in [5.41, 5.74) is 3.50. The molecule has 0 fully saturated rings. The predicted octanol–water partition coefficient (Wildman–Crippen LogP) is 4.24. The van der Waals surface area contributed by atoms with Gasteiger partial charge >= 0.3 is 6.09 Å². The van der Waals surface area contributed by atoms with Gasteiger partial charge in [0.15, 0.2) is 0 Å². The zero-order valence-corrected chi connectivity index (χ0v) is 17.4. The number of carboxylic acid groups (broad SMARTS) is 1. The molecule has 1 aliphatic heterocycles. The maximum Gasteiger partial charge on any atom is 0.412 e. The van der Waals surface area contributed by atoms with E-state index < -0.39 is 6.09 Å². The lowest BCUT2D eigenvalue weighted by Crippen LogP contribution is -2.52. The van der Waals surface area contributed by atoms with Gasteiger partial charge in [-0.1, -0.05) is 6.92 Å². The number of anilines is 2. The largest absolute Gasteiger partial charge is 0.497 e. The van der Waals surface area contributed by atoms with E-state index in [2.05, 4.69) is 0 Å². The quantitative estimate of drug-likeness (QED) is 0.833. The summed E-state index contributed by atoms with van der Waals surface area (Å²) >= 11 is 0. The van der Waals surface area contributed by atoms with Crippen molar-refractivity contribution in [3.63, 3.8) is 0 Å². The second-order valence-electron chi connectivity index (χ2n) is 7.16. The molecule has 7 heteroatoms. The number of fused-ring (bicyclic) bond motifs is 1. The summed E-state index contributed by atoms with van der Waals surface area (Å²) < 4.78 is 10.6. The third kappa shape index (κ3) is 3.72. The van der Waals surface area contributed by atoms with Gasteiger partial charge in [0.05, 0.1) is 31.6 Å². The summed E-state index contributed by atoms with van der Waals surface area (Å²) in [5.74, 6) is 0.809. The molecule has 0 saturated heterocycles. The fourth-order valence-electron chi connectivity index (χ4n) is 3.63. The zero-order valence-electron chi connectivity index (χ0n) is 17.4. The number of ether oxygens (including phenoxy) is 2. The number of rotatable bonds is 4. The Labute approximate surface area is 170 Å². The monoisotopic (exact) mass is 398 g/mol.